The lowest BCUT2D eigenvalue weighted by Gasteiger charge is -2.18. The van der Waals surface area contributed by atoms with Gasteiger partial charge in [0.25, 0.3) is 0 Å². The molecule has 7 heteroatoms. The van der Waals surface area contributed by atoms with Crippen LogP contribution in [0.3, 0.4) is 0 Å². The average Bonchev–Trinajstić information content (AvgIpc) is 3.18. The van der Waals surface area contributed by atoms with Crippen LogP contribution < -0.4 is 10.1 Å². The van der Waals surface area contributed by atoms with Gasteiger partial charge in [-0.15, -0.1) is 11.3 Å². The van der Waals surface area contributed by atoms with E-state index in [2.05, 4.69) is 22.2 Å². The van der Waals surface area contributed by atoms with Crippen molar-refractivity contribution in [3.8, 4) is 11.5 Å². The molecule has 162 valence electrons. The Balaban J connectivity index is 1.22. The maximum absolute atomic E-state index is 12.6. The lowest BCUT2D eigenvalue weighted by molar-refractivity contribution is -0.113. The topological polar surface area (TPSA) is 64.1 Å². The molecule has 1 atom stereocenters. The number of carbonyl (C=O) groups is 1. The molecule has 1 aliphatic rings. The van der Waals surface area contributed by atoms with Gasteiger partial charge in [-0.2, -0.15) is 0 Å². The highest BCUT2D eigenvalue weighted by molar-refractivity contribution is 8.00. The Morgan fingerprint density at radius 1 is 1.12 bits per heavy atom. The van der Waals surface area contributed by atoms with Crippen molar-refractivity contribution in [2.24, 2.45) is 5.92 Å². The Hall–Kier alpha value is -2.90. The predicted octanol–water partition coefficient (Wildman–Crippen LogP) is 6.34. The fourth-order valence-electron chi connectivity index (χ4n) is 3.92. The van der Waals surface area contributed by atoms with E-state index >= 15 is 0 Å². The number of rotatable bonds is 6. The van der Waals surface area contributed by atoms with E-state index in [1.807, 2.05) is 54.6 Å². The third kappa shape index (κ3) is 4.64. The van der Waals surface area contributed by atoms with Gasteiger partial charge in [0.1, 0.15) is 27.7 Å². The first-order valence-corrected chi connectivity index (χ1v) is 12.5. The smallest absolute Gasteiger partial charge is 0.234 e. The number of ether oxygens (including phenoxy) is 1. The first-order chi connectivity index (χ1) is 15.7. The summed E-state index contributed by atoms with van der Waals surface area (Å²) in [4.78, 5) is 24.0. The first kappa shape index (κ1) is 21.0. The molecule has 1 amide bonds. The largest absolute Gasteiger partial charge is 0.457 e. The Labute approximate surface area is 195 Å². The summed E-state index contributed by atoms with van der Waals surface area (Å²) in [5.74, 6) is 2.46. The van der Waals surface area contributed by atoms with Crippen LogP contribution in [-0.4, -0.2) is 21.6 Å². The van der Waals surface area contributed by atoms with Crippen molar-refractivity contribution in [1.29, 1.82) is 0 Å². The molecule has 1 aliphatic carbocycles. The SMILES string of the molecule is CC1CCc2c(sc3ncnc(SCC(=O)Nc4ccc(Oc5ccccc5)cc4)c23)C1. The molecule has 0 saturated heterocycles. The second-order valence-corrected chi connectivity index (χ2v) is 10.0. The predicted molar refractivity (Wildman–Crippen MR) is 131 cm³/mol. The molecule has 0 saturated carbocycles. The number of thioether (sulfide) groups is 1. The Bertz CT molecular complexity index is 1240. The van der Waals surface area contributed by atoms with Crippen LogP contribution in [0.5, 0.6) is 11.5 Å². The summed E-state index contributed by atoms with van der Waals surface area (Å²) in [7, 11) is 0. The number of anilines is 1. The van der Waals surface area contributed by atoms with Crippen LogP contribution in [0.4, 0.5) is 5.69 Å². The van der Waals surface area contributed by atoms with Gasteiger partial charge in [0.15, 0.2) is 0 Å². The standard InChI is InChI=1S/C25H23N3O2S2/c1-16-7-12-20-21(13-16)32-25-23(20)24(26-15-27-25)31-14-22(29)28-17-8-10-19(11-9-17)30-18-5-3-2-4-6-18/h2-6,8-11,15-16H,7,12-14H2,1H3,(H,28,29). The van der Waals surface area contributed by atoms with E-state index in [0.29, 0.717) is 5.75 Å². The highest BCUT2D eigenvalue weighted by Crippen LogP contribution is 2.40. The second-order valence-electron chi connectivity index (χ2n) is 7.99. The Morgan fingerprint density at radius 3 is 2.72 bits per heavy atom. The van der Waals surface area contributed by atoms with Crippen molar-refractivity contribution < 1.29 is 9.53 Å². The van der Waals surface area contributed by atoms with Crippen LogP contribution in [0.15, 0.2) is 66.0 Å². The molecule has 0 fully saturated rings. The molecule has 1 N–H and O–H groups in total. The van der Waals surface area contributed by atoms with Gasteiger partial charge < -0.3 is 10.1 Å². The number of thiophene rings is 1. The molecule has 4 aromatic rings. The highest BCUT2D eigenvalue weighted by Gasteiger charge is 2.23. The number of amides is 1. The number of hydrogen-bond donors (Lipinski definition) is 1. The van der Waals surface area contributed by atoms with E-state index in [4.69, 9.17) is 4.74 Å². The number of para-hydroxylation sites is 1. The highest BCUT2D eigenvalue weighted by atomic mass is 32.2. The number of fused-ring (bicyclic) bond motifs is 3. The number of benzene rings is 2. The molecule has 1 unspecified atom stereocenters. The van der Waals surface area contributed by atoms with Gasteiger partial charge in [-0.25, -0.2) is 9.97 Å². The van der Waals surface area contributed by atoms with Crippen LogP contribution >= 0.6 is 23.1 Å². The summed E-state index contributed by atoms with van der Waals surface area (Å²) >= 11 is 3.26. The molecule has 2 aromatic carbocycles. The molecule has 0 bridgehead atoms. The molecule has 2 heterocycles. The van der Waals surface area contributed by atoms with Gasteiger partial charge in [-0.1, -0.05) is 36.9 Å². The monoisotopic (exact) mass is 461 g/mol. The lowest BCUT2D eigenvalue weighted by Crippen LogP contribution is -2.14. The third-order valence-electron chi connectivity index (χ3n) is 5.51. The molecular formula is C25H23N3O2S2. The number of nitrogens with one attached hydrogen (secondary N) is 1. The van der Waals surface area contributed by atoms with Crippen molar-refractivity contribution >= 4 is 44.9 Å². The zero-order chi connectivity index (χ0) is 21.9. The van der Waals surface area contributed by atoms with E-state index in [0.717, 1.165) is 51.2 Å². The lowest BCUT2D eigenvalue weighted by atomic mass is 9.89. The van der Waals surface area contributed by atoms with Crippen molar-refractivity contribution in [3.63, 3.8) is 0 Å². The molecule has 5 rings (SSSR count). The van der Waals surface area contributed by atoms with Gasteiger partial charge >= 0.3 is 0 Å². The summed E-state index contributed by atoms with van der Waals surface area (Å²) in [6.07, 6.45) is 4.99. The fourth-order valence-corrected chi connectivity index (χ4v) is 6.16. The quantitative estimate of drug-likeness (QED) is 0.268. The van der Waals surface area contributed by atoms with E-state index in [9.17, 15) is 4.79 Å². The molecule has 0 spiro atoms. The fraction of sp³-hybridized carbons (Fsp3) is 0.240. The van der Waals surface area contributed by atoms with Gasteiger partial charge in [-0.05, 0) is 67.1 Å². The van der Waals surface area contributed by atoms with Gasteiger partial charge in [-0.3, -0.25) is 4.79 Å². The van der Waals surface area contributed by atoms with Crippen molar-refractivity contribution in [3.05, 3.63) is 71.4 Å². The van der Waals surface area contributed by atoms with Crippen LogP contribution in [0.2, 0.25) is 0 Å². The van der Waals surface area contributed by atoms with Crippen molar-refractivity contribution in [1.82, 2.24) is 9.97 Å². The van der Waals surface area contributed by atoms with Crippen LogP contribution in [0.25, 0.3) is 10.2 Å². The van der Waals surface area contributed by atoms with E-state index in [1.165, 1.54) is 28.6 Å². The zero-order valence-corrected chi connectivity index (χ0v) is 19.3. The number of carbonyl (C=O) groups excluding carboxylic acids is 1. The number of aromatic nitrogens is 2. The van der Waals surface area contributed by atoms with Gasteiger partial charge in [0.2, 0.25) is 5.91 Å². The maximum atomic E-state index is 12.6. The summed E-state index contributed by atoms with van der Waals surface area (Å²) < 4.78 is 5.80. The van der Waals surface area contributed by atoms with Crippen molar-refractivity contribution in [2.45, 2.75) is 31.2 Å². The number of aryl methyl sites for hydroxylation is 1. The van der Waals surface area contributed by atoms with Crippen LogP contribution in [0.1, 0.15) is 23.8 Å². The van der Waals surface area contributed by atoms with Crippen molar-refractivity contribution in [2.75, 3.05) is 11.1 Å². The normalized spacial score (nSPS) is 15.3. The van der Waals surface area contributed by atoms with Crippen LogP contribution in [0, 0.1) is 5.92 Å². The van der Waals surface area contributed by atoms with E-state index < -0.39 is 0 Å². The zero-order valence-electron chi connectivity index (χ0n) is 17.7. The third-order valence-corrected chi connectivity index (χ3v) is 7.67. The molecular weight excluding hydrogens is 438 g/mol. The minimum absolute atomic E-state index is 0.0591. The van der Waals surface area contributed by atoms with E-state index in [-0.39, 0.29) is 5.91 Å². The summed E-state index contributed by atoms with van der Waals surface area (Å²) in [5, 5.41) is 5.02. The maximum Gasteiger partial charge on any atom is 0.234 e. The molecule has 0 aliphatic heterocycles. The number of hydrogen-bond acceptors (Lipinski definition) is 6. The van der Waals surface area contributed by atoms with Gasteiger partial charge in [0, 0.05) is 16.0 Å². The summed E-state index contributed by atoms with van der Waals surface area (Å²) in [6.45, 7) is 2.30. The first-order valence-electron chi connectivity index (χ1n) is 10.7. The second kappa shape index (κ2) is 9.30. The molecule has 0 radical (unpaired) electrons. The summed E-state index contributed by atoms with van der Waals surface area (Å²) in [6, 6.07) is 17.0. The minimum atomic E-state index is -0.0591. The summed E-state index contributed by atoms with van der Waals surface area (Å²) in [5.41, 5.74) is 2.13. The Morgan fingerprint density at radius 2 is 1.91 bits per heavy atom. The van der Waals surface area contributed by atoms with Crippen LogP contribution in [-0.2, 0) is 17.6 Å². The molecule has 32 heavy (non-hydrogen) atoms. The Kier molecular flexibility index (Phi) is 6.10. The number of nitrogens with zero attached hydrogens (tertiary/aromatic N) is 2. The molecule has 5 nitrogen and oxygen atoms in total. The minimum Gasteiger partial charge on any atom is -0.457 e. The van der Waals surface area contributed by atoms with Gasteiger partial charge in [0.05, 0.1) is 5.75 Å². The van der Waals surface area contributed by atoms with E-state index in [1.54, 1.807) is 17.7 Å². The average molecular weight is 462 g/mol. The molecule has 2 aromatic heterocycles.